The lowest BCUT2D eigenvalue weighted by Gasteiger charge is -2.24. The van der Waals surface area contributed by atoms with Gasteiger partial charge < -0.3 is 10.6 Å². The molecule has 4 aromatic carbocycles. The molecule has 0 bridgehead atoms. The first kappa shape index (κ1) is 24.1. The Hall–Kier alpha value is -4.66. The molecule has 0 aromatic heterocycles. The third kappa shape index (κ3) is 4.75. The van der Waals surface area contributed by atoms with Gasteiger partial charge in [0.2, 0.25) is 0 Å². The van der Waals surface area contributed by atoms with Crippen molar-refractivity contribution in [2.24, 2.45) is 0 Å². The molecule has 0 unspecified atom stereocenters. The summed E-state index contributed by atoms with van der Waals surface area (Å²) in [6.07, 6.45) is -4.72. The number of nitrogens with zero attached hydrogens (tertiary/aromatic N) is 1. The second-order valence-corrected chi connectivity index (χ2v) is 8.36. The van der Waals surface area contributed by atoms with Gasteiger partial charge in [0.1, 0.15) is 5.82 Å². The summed E-state index contributed by atoms with van der Waals surface area (Å²) in [5.74, 6) is -2.43. The Morgan fingerprint density at radius 2 is 1.51 bits per heavy atom. The summed E-state index contributed by atoms with van der Waals surface area (Å²) in [5, 5.41) is 5.72. The van der Waals surface area contributed by atoms with Gasteiger partial charge in [0.15, 0.2) is 0 Å². The SMILES string of the molecule is O=C(Nc1ccc(C(=O)N2c3ccccc3CNc3ccccc32)cc1)c1cc(C(F)(F)F)ccc1F. The molecule has 5 nitrogen and oxygen atoms in total. The van der Waals surface area contributed by atoms with Crippen LogP contribution in [0, 0.1) is 5.82 Å². The topological polar surface area (TPSA) is 61.4 Å². The van der Waals surface area contributed by atoms with Gasteiger partial charge in [-0.25, -0.2) is 4.39 Å². The van der Waals surface area contributed by atoms with Crippen molar-refractivity contribution in [1.29, 1.82) is 0 Å². The number of nitrogens with one attached hydrogen (secondary N) is 2. The summed E-state index contributed by atoms with van der Waals surface area (Å²) < 4.78 is 53.0. The fraction of sp³-hybridized carbons (Fsp3) is 0.0714. The van der Waals surface area contributed by atoms with Gasteiger partial charge in [-0.3, -0.25) is 14.5 Å². The van der Waals surface area contributed by atoms with E-state index in [4.69, 9.17) is 0 Å². The normalized spacial score (nSPS) is 12.6. The zero-order chi connectivity index (χ0) is 26.2. The van der Waals surface area contributed by atoms with Crippen LogP contribution in [-0.2, 0) is 12.7 Å². The van der Waals surface area contributed by atoms with Crippen LogP contribution >= 0.6 is 0 Å². The smallest absolute Gasteiger partial charge is 0.379 e. The lowest BCUT2D eigenvalue weighted by atomic mass is 10.1. The Kier molecular flexibility index (Phi) is 6.12. The molecule has 1 aliphatic heterocycles. The lowest BCUT2D eigenvalue weighted by molar-refractivity contribution is -0.137. The van der Waals surface area contributed by atoms with Crippen molar-refractivity contribution in [3.8, 4) is 0 Å². The molecule has 0 atom stereocenters. The number of halogens is 4. The second kappa shape index (κ2) is 9.42. The van der Waals surface area contributed by atoms with Crippen LogP contribution in [-0.4, -0.2) is 11.8 Å². The summed E-state index contributed by atoms with van der Waals surface area (Å²) >= 11 is 0. The molecule has 1 aliphatic rings. The molecule has 0 spiro atoms. The van der Waals surface area contributed by atoms with E-state index in [9.17, 15) is 27.2 Å². The number of carbonyl (C=O) groups excluding carboxylic acids is 2. The number of benzene rings is 4. The molecule has 0 radical (unpaired) electrons. The number of para-hydroxylation sites is 3. The van der Waals surface area contributed by atoms with E-state index in [2.05, 4.69) is 10.6 Å². The summed E-state index contributed by atoms with van der Waals surface area (Å²) in [7, 11) is 0. The number of hydrogen-bond acceptors (Lipinski definition) is 3. The maximum Gasteiger partial charge on any atom is 0.416 e. The third-order valence-corrected chi connectivity index (χ3v) is 5.98. The Bertz CT molecular complexity index is 1450. The molecular weight excluding hydrogens is 486 g/mol. The minimum atomic E-state index is -4.72. The molecule has 0 aliphatic carbocycles. The maximum atomic E-state index is 14.1. The molecule has 4 aromatic rings. The highest BCUT2D eigenvalue weighted by atomic mass is 19.4. The Morgan fingerprint density at radius 3 is 2.24 bits per heavy atom. The van der Waals surface area contributed by atoms with Crippen molar-refractivity contribution in [2.75, 3.05) is 15.5 Å². The van der Waals surface area contributed by atoms with Crippen molar-refractivity contribution >= 4 is 34.6 Å². The van der Waals surface area contributed by atoms with Crippen LogP contribution in [0.3, 0.4) is 0 Å². The quantitative estimate of drug-likeness (QED) is 0.295. The van der Waals surface area contributed by atoms with Gasteiger partial charge in [0.05, 0.1) is 28.2 Å². The minimum absolute atomic E-state index is 0.191. The third-order valence-electron chi connectivity index (χ3n) is 5.98. The average Bonchev–Trinajstić information content (AvgIpc) is 3.05. The predicted octanol–water partition coefficient (Wildman–Crippen LogP) is 7.00. The molecule has 2 amide bonds. The number of anilines is 4. The van der Waals surface area contributed by atoms with Gasteiger partial charge in [-0.15, -0.1) is 0 Å². The van der Waals surface area contributed by atoms with Gasteiger partial charge in [0.25, 0.3) is 11.8 Å². The number of amides is 2. The highest BCUT2D eigenvalue weighted by Gasteiger charge is 2.32. The van der Waals surface area contributed by atoms with E-state index < -0.39 is 29.0 Å². The molecule has 5 rings (SSSR count). The van der Waals surface area contributed by atoms with Crippen molar-refractivity contribution in [3.05, 3.63) is 119 Å². The van der Waals surface area contributed by atoms with Crippen LogP contribution in [0.15, 0.2) is 91.0 Å². The molecule has 9 heteroatoms. The first-order valence-electron chi connectivity index (χ1n) is 11.3. The highest BCUT2D eigenvalue weighted by Crippen LogP contribution is 2.38. The number of alkyl halides is 3. The fourth-order valence-electron chi connectivity index (χ4n) is 4.13. The number of hydrogen-bond donors (Lipinski definition) is 2. The van der Waals surface area contributed by atoms with Crippen molar-refractivity contribution in [3.63, 3.8) is 0 Å². The van der Waals surface area contributed by atoms with Crippen molar-refractivity contribution in [2.45, 2.75) is 12.7 Å². The standard InChI is InChI=1S/C28H19F4N3O2/c29-22-14-11-19(28(30,31)32)15-21(22)26(36)34-20-12-9-17(10-13-20)27(37)35-24-7-3-1-5-18(24)16-33-23-6-2-4-8-25(23)35/h1-15,33H,16H2,(H,34,36). The lowest BCUT2D eigenvalue weighted by Crippen LogP contribution is -2.26. The molecule has 2 N–H and O–H groups in total. The van der Waals surface area contributed by atoms with Gasteiger partial charge in [-0.05, 0) is 66.2 Å². The molecule has 0 saturated heterocycles. The Morgan fingerprint density at radius 1 is 0.838 bits per heavy atom. The van der Waals surface area contributed by atoms with E-state index in [0.717, 1.165) is 16.9 Å². The van der Waals surface area contributed by atoms with Gasteiger partial charge in [-0.2, -0.15) is 13.2 Å². The zero-order valence-electron chi connectivity index (χ0n) is 19.1. The number of carbonyl (C=O) groups is 2. The first-order chi connectivity index (χ1) is 17.7. The van der Waals surface area contributed by atoms with E-state index in [1.54, 1.807) is 4.90 Å². The van der Waals surface area contributed by atoms with Crippen LogP contribution in [0.2, 0.25) is 0 Å². The summed E-state index contributed by atoms with van der Waals surface area (Å²) in [6.45, 7) is 0.536. The van der Waals surface area contributed by atoms with E-state index in [1.165, 1.54) is 24.3 Å². The summed E-state index contributed by atoms with van der Waals surface area (Å²) in [5.41, 5.74) is 1.76. The monoisotopic (exact) mass is 505 g/mol. The zero-order valence-corrected chi connectivity index (χ0v) is 19.1. The fourth-order valence-corrected chi connectivity index (χ4v) is 4.13. The number of fused-ring (bicyclic) bond motifs is 2. The van der Waals surface area contributed by atoms with E-state index in [-0.39, 0.29) is 11.6 Å². The second-order valence-electron chi connectivity index (χ2n) is 8.36. The highest BCUT2D eigenvalue weighted by molar-refractivity contribution is 6.13. The first-order valence-corrected chi connectivity index (χ1v) is 11.3. The van der Waals surface area contributed by atoms with Crippen LogP contribution < -0.4 is 15.5 Å². The molecular formula is C28H19F4N3O2. The van der Waals surface area contributed by atoms with Crippen LogP contribution in [0.4, 0.5) is 40.3 Å². The predicted molar refractivity (Wildman–Crippen MR) is 132 cm³/mol. The van der Waals surface area contributed by atoms with Gasteiger partial charge in [0, 0.05) is 17.8 Å². The van der Waals surface area contributed by atoms with Crippen LogP contribution in [0.25, 0.3) is 0 Å². The molecule has 186 valence electrons. The van der Waals surface area contributed by atoms with Crippen molar-refractivity contribution in [1.82, 2.24) is 0 Å². The summed E-state index contributed by atoms with van der Waals surface area (Å²) in [6, 6.07) is 22.4. The maximum absolute atomic E-state index is 14.1. The Labute approximate surface area is 209 Å². The molecule has 0 fully saturated rings. The van der Waals surface area contributed by atoms with E-state index in [1.807, 2.05) is 48.5 Å². The molecule has 37 heavy (non-hydrogen) atoms. The van der Waals surface area contributed by atoms with Crippen LogP contribution in [0.5, 0.6) is 0 Å². The largest absolute Gasteiger partial charge is 0.416 e. The van der Waals surface area contributed by atoms with Gasteiger partial charge in [-0.1, -0.05) is 30.3 Å². The summed E-state index contributed by atoms with van der Waals surface area (Å²) in [4.78, 5) is 27.8. The molecule has 0 saturated carbocycles. The average molecular weight is 505 g/mol. The van der Waals surface area contributed by atoms with E-state index >= 15 is 0 Å². The number of rotatable bonds is 3. The minimum Gasteiger partial charge on any atom is -0.379 e. The van der Waals surface area contributed by atoms with Crippen molar-refractivity contribution < 1.29 is 27.2 Å². The van der Waals surface area contributed by atoms with Gasteiger partial charge >= 0.3 is 6.18 Å². The van der Waals surface area contributed by atoms with E-state index in [0.29, 0.717) is 36.0 Å². The van der Waals surface area contributed by atoms with Crippen LogP contribution in [0.1, 0.15) is 31.8 Å². The molecule has 1 heterocycles. The Balaban J connectivity index is 1.42.